The van der Waals surface area contributed by atoms with Crippen molar-refractivity contribution in [3.63, 3.8) is 0 Å². The van der Waals surface area contributed by atoms with E-state index >= 15 is 0 Å². The van der Waals surface area contributed by atoms with Gasteiger partial charge in [0.2, 0.25) is 0 Å². The van der Waals surface area contributed by atoms with Crippen LogP contribution in [0.3, 0.4) is 0 Å². The molecule has 0 aliphatic carbocycles. The van der Waals surface area contributed by atoms with E-state index < -0.39 is 40.9 Å². The Morgan fingerprint density at radius 2 is 2.00 bits per heavy atom. The minimum Gasteiger partial charge on any atom is -0.465 e. The van der Waals surface area contributed by atoms with Crippen molar-refractivity contribution in [3.05, 3.63) is 60.5 Å². The summed E-state index contributed by atoms with van der Waals surface area (Å²) in [5.41, 5.74) is 1.70. The topological polar surface area (TPSA) is 151 Å². The van der Waals surface area contributed by atoms with Crippen LogP contribution < -0.4 is 0 Å². The lowest BCUT2D eigenvalue weighted by Crippen LogP contribution is -2.25. The zero-order valence-electron chi connectivity index (χ0n) is 16.9. The number of thioether (sulfide) groups is 1. The average Bonchev–Trinajstić information content (AvgIpc) is 3.13. The van der Waals surface area contributed by atoms with Gasteiger partial charge in [0.25, 0.3) is 10.2 Å². The molecule has 1 unspecified atom stereocenters. The van der Waals surface area contributed by atoms with Crippen LogP contribution in [-0.4, -0.2) is 52.4 Å². The zero-order chi connectivity index (χ0) is 22.8. The van der Waals surface area contributed by atoms with E-state index in [0.717, 1.165) is 28.2 Å². The van der Waals surface area contributed by atoms with Crippen molar-refractivity contribution in [2.75, 3.05) is 19.0 Å². The average molecular weight is 456 g/mol. The van der Waals surface area contributed by atoms with Crippen LogP contribution in [-0.2, 0) is 19.2 Å². The van der Waals surface area contributed by atoms with Gasteiger partial charge in [-0.15, -0.1) is 32.0 Å². The van der Waals surface area contributed by atoms with E-state index in [1.807, 2.05) is 30.3 Å². The Morgan fingerprint density at radius 3 is 2.58 bits per heavy atom. The molecule has 1 aromatic carbocycles. The van der Waals surface area contributed by atoms with Crippen LogP contribution in [0.15, 0.2) is 29.2 Å². The first kappa shape index (κ1) is 24.4. The lowest BCUT2D eigenvalue weighted by Gasteiger charge is -2.15. The second-order valence-electron chi connectivity index (χ2n) is 6.87. The highest BCUT2D eigenvalue weighted by atomic mass is 32.2. The van der Waals surface area contributed by atoms with Gasteiger partial charge in [0, 0.05) is 10.7 Å². The van der Waals surface area contributed by atoms with E-state index in [2.05, 4.69) is 9.68 Å². The third kappa shape index (κ3) is 8.42. The van der Waals surface area contributed by atoms with Crippen LogP contribution in [0, 0.1) is 20.2 Å². The van der Waals surface area contributed by atoms with Crippen LogP contribution in [0.2, 0.25) is 0 Å². The number of aliphatic hydroxyl groups is 1. The van der Waals surface area contributed by atoms with E-state index in [0.29, 0.717) is 0 Å². The predicted octanol–water partition coefficient (Wildman–Crippen LogP) is 2.74. The highest BCUT2D eigenvalue weighted by Gasteiger charge is 2.20. The van der Waals surface area contributed by atoms with E-state index in [4.69, 9.17) is 4.74 Å². The maximum Gasteiger partial charge on any atom is 0.313 e. The van der Waals surface area contributed by atoms with Crippen molar-refractivity contribution in [2.24, 2.45) is 0 Å². The third-order valence-corrected chi connectivity index (χ3v) is 5.77. The van der Waals surface area contributed by atoms with Gasteiger partial charge in [-0.1, -0.05) is 24.3 Å². The van der Waals surface area contributed by atoms with E-state index in [9.17, 15) is 30.1 Å². The van der Waals surface area contributed by atoms with E-state index in [-0.39, 0.29) is 19.4 Å². The third-order valence-electron chi connectivity index (χ3n) is 4.60. The molecular formula is C19H24N2O9S. The molecule has 0 saturated carbocycles. The van der Waals surface area contributed by atoms with Crippen molar-refractivity contribution in [1.82, 2.24) is 0 Å². The Bertz CT molecular complexity index is 800. The number of aliphatic hydroxyl groups excluding tert-OH is 1. The molecule has 12 heteroatoms. The molecule has 1 aliphatic rings. The SMILES string of the molecule is C[C@H](C(=O)OCCCC(CO[N+](=O)[O-])O[N+](=O)[O-])c1ccc(/C=C2\SCC[C@@H]2O)cc1. The minimum absolute atomic E-state index is 0.0154. The highest BCUT2D eigenvalue weighted by Crippen LogP contribution is 2.32. The lowest BCUT2D eigenvalue weighted by atomic mass is 9.99. The molecule has 1 heterocycles. The molecule has 1 aliphatic heterocycles. The molecule has 3 atom stereocenters. The van der Waals surface area contributed by atoms with E-state index in [1.54, 1.807) is 18.7 Å². The number of hydrogen-bond acceptors (Lipinski definition) is 10. The second-order valence-corrected chi connectivity index (χ2v) is 8.04. The van der Waals surface area contributed by atoms with Crippen LogP contribution in [0.5, 0.6) is 0 Å². The van der Waals surface area contributed by atoms with Gasteiger partial charge in [-0.25, -0.2) is 0 Å². The molecular weight excluding hydrogens is 432 g/mol. The molecule has 0 spiro atoms. The van der Waals surface area contributed by atoms with Crippen molar-refractivity contribution in [3.8, 4) is 0 Å². The van der Waals surface area contributed by atoms with Gasteiger partial charge in [-0.05, 0) is 43.4 Å². The molecule has 31 heavy (non-hydrogen) atoms. The molecule has 2 rings (SSSR count). The summed E-state index contributed by atoms with van der Waals surface area (Å²) in [6, 6.07) is 7.37. The van der Waals surface area contributed by atoms with Gasteiger partial charge >= 0.3 is 5.97 Å². The van der Waals surface area contributed by atoms with Crippen molar-refractivity contribution in [1.29, 1.82) is 0 Å². The summed E-state index contributed by atoms with van der Waals surface area (Å²) in [6.07, 6.45) is 1.39. The first-order valence-corrected chi connectivity index (χ1v) is 10.6. The van der Waals surface area contributed by atoms with Crippen molar-refractivity contribution in [2.45, 2.75) is 44.3 Å². The Labute approximate surface area is 182 Å². The first-order chi connectivity index (χ1) is 14.8. The minimum atomic E-state index is -1.13. The number of nitrogens with zero attached hydrogens (tertiary/aromatic N) is 2. The number of hydrogen-bond donors (Lipinski definition) is 1. The lowest BCUT2D eigenvalue weighted by molar-refractivity contribution is -0.790. The second kappa shape index (κ2) is 12.1. The summed E-state index contributed by atoms with van der Waals surface area (Å²) in [7, 11) is 0. The monoisotopic (exact) mass is 456 g/mol. The van der Waals surface area contributed by atoms with Crippen LogP contribution in [0.4, 0.5) is 0 Å². The first-order valence-electron chi connectivity index (χ1n) is 9.63. The van der Waals surface area contributed by atoms with Crippen LogP contribution in [0.1, 0.15) is 43.2 Å². The Morgan fingerprint density at radius 1 is 1.29 bits per heavy atom. The number of ether oxygens (including phenoxy) is 1. The van der Waals surface area contributed by atoms with Gasteiger partial charge in [0.15, 0.2) is 0 Å². The fourth-order valence-electron chi connectivity index (χ4n) is 2.89. The summed E-state index contributed by atoms with van der Waals surface area (Å²) in [5.74, 6) is -0.0757. The van der Waals surface area contributed by atoms with E-state index in [1.165, 1.54) is 0 Å². The molecule has 0 bridgehead atoms. The largest absolute Gasteiger partial charge is 0.465 e. The van der Waals surface area contributed by atoms with Gasteiger partial charge in [0.1, 0.15) is 12.7 Å². The summed E-state index contributed by atoms with van der Waals surface area (Å²) < 4.78 is 5.20. The van der Waals surface area contributed by atoms with Crippen LogP contribution >= 0.6 is 11.8 Å². The summed E-state index contributed by atoms with van der Waals surface area (Å²) in [4.78, 5) is 42.3. The molecule has 0 aromatic heterocycles. The highest BCUT2D eigenvalue weighted by molar-refractivity contribution is 8.03. The smallest absolute Gasteiger partial charge is 0.313 e. The quantitative estimate of drug-likeness (QED) is 0.215. The molecule has 1 saturated heterocycles. The summed E-state index contributed by atoms with van der Waals surface area (Å²) >= 11 is 1.63. The standard InChI is InChI=1S/C19H24N2O9S/c1-13(15-6-4-14(5-7-15)11-18-17(22)8-10-31-18)19(23)28-9-2-3-16(30-21(26)27)12-29-20(24)25/h4-7,11,13,16-17,22H,2-3,8-10,12H2,1H3/b18-11-/t13-,16?,17-/m0/s1. The maximum atomic E-state index is 12.3. The van der Waals surface area contributed by atoms with Gasteiger partial charge in [0.05, 0.1) is 18.6 Å². The Kier molecular flexibility index (Phi) is 9.53. The number of carbonyl (C=O) groups is 1. The molecule has 1 N–H and O–H groups in total. The maximum absolute atomic E-state index is 12.3. The molecule has 1 aromatic rings. The van der Waals surface area contributed by atoms with Gasteiger partial charge < -0.3 is 19.5 Å². The predicted molar refractivity (Wildman–Crippen MR) is 111 cm³/mol. The zero-order valence-corrected chi connectivity index (χ0v) is 17.7. The van der Waals surface area contributed by atoms with Crippen LogP contribution in [0.25, 0.3) is 6.08 Å². The van der Waals surface area contributed by atoms with Gasteiger partial charge in [-0.2, -0.15) is 0 Å². The number of carbonyl (C=O) groups excluding carboxylic acids is 1. The molecule has 170 valence electrons. The number of rotatable bonds is 12. The molecule has 1 fully saturated rings. The fourth-order valence-corrected chi connectivity index (χ4v) is 3.99. The Balaban J connectivity index is 1.79. The fraction of sp³-hybridized carbons (Fsp3) is 0.526. The molecule has 0 radical (unpaired) electrons. The van der Waals surface area contributed by atoms with Gasteiger partial charge in [-0.3, -0.25) is 4.79 Å². The summed E-state index contributed by atoms with van der Waals surface area (Å²) in [6.45, 7) is 1.10. The molecule has 11 nitrogen and oxygen atoms in total. The summed E-state index contributed by atoms with van der Waals surface area (Å²) in [5, 5.41) is 28.4. The molecule has 0 amide bonds. The van der Waals surface area contributed by atoms with Crippen molar-refractivity contribution >= 4 is 23.8 Å². The normalized spacial score (nSPS) is 18.9. The number of benzene rings is 1. The van der Waals surface area contributed by atoms with Crippen molar-refractivity contribution < 1.29 is 34.5 Å². The number of esters is 1. The Hall–Kier alpha value is -2.86.